The molecule has 0 bridgehead atoms. The minimum Gasteiger partial charge on any atom is -0.458 e. The number of hydrogen-bond donors (Lipinski definition) is 1. The molecule has 26 heavy (non-hydrogen) atoms. The van der Waals surface area contributed by atoms with E-state index in [1.807, 2.05) is 36.4 Å². The van der Waals surface area contributed by atoms with Gasteiger partial charge >= 0.3 is 6.01 Å². The maximum Gasteiger partial charge on any atom is 0.320 e. The lowest BCUT2D eigenvalue weighted by Crippen LogP contribution is -2.06. The second-order valence-corrected chi connectivity index (χ2v) is 6.08. The van der Waals surface area contributed by atoms with Gasteiger partial charge in [-0.3, -0.25) is 0 Å². The average molecular weight is 367 g/mol. The fraction of sp³-hybridized carbons (Fsp3) is 0.111. The summed E-state index contributed by atoms with van der Waals surface area (Å²) >= 11 is 5.88. The quantitative estimate of drug-likeness (QED) is 0.546. The molecule has 0 atom stereocenters. The zero-order valence-corrected chi connectivity index (χ0v) is 14.5. The summed E-state index contributed by atoms with van der Waals surface area (Å²) in [5, 5.41) is 5.48. The fourth-order valence-corrected chi connectivity index (χ4v) is 2.77. The van der Waals surface area contributed by atoms with Crippen molar-refractivity contribution in [2.75, 3.05) is 5.73 Å². The van der Waals surface area contributed by atoms with E-state index in [1.54, 1.807) is 23.1 Å². The molecule has 0 saturated heterocycles. The SMILES string of the molecule is Nc1nc(OCc2ccnc(Cl)c2)nc2c1cnn2Cc1ccccc1. The second kappa shape index (κ2) is 6.97. The third kappa shape index (κ3) is 3.43. The van der Waals surface area contributed by atoms with Crippen LogP contribution in [0.4, 0.5) is 5.82 Å². The molecule has 0 radical (unpaired) electrons. The van der Waals surface area contributed by atoms with Gasteiger partial charge in [-0.25, -0.2) is 9.67 Å². The van der Waals surface area contributed by atoms with Gasteiger partial charge in [0, 0.05) is 6.20 Å². The number of halogens is 1. The molecule has 3 aromatic heterocycles. The Labute approximate surface area is 154 Å². The van der Waals surface area contributed by atoms with Crippen molar-refractivity contribution in [1.29, 1.82) is 0 Å². The summed E-state index contributed by atoms with van der Waals surface area (Å²) in [4.78, 5) is 12.6. The van der Waals surface area contributed by atoms with Crippen LogP contribution in [0.2, 0.25) is 5.15 Å². The van der Waals surface area contributed by atoms with Crippen LogP contribution in [0.1, 0.15) is 11.1 Å². The molecule has 0 spiro atoms. The van der Waals surface area contributed by atoms with Crippen molar-refractivity contribution in [2.24, 2.45) is 0 Å². The van der Waals surface area contributed by atoms with Crippen LogP contribution in [0.15, 0.2) is 54.9 Å². The van der Waals surface area contributed by atoms with Gasteiger partial charge in [-0.05, 0) is 23.3 Å². The molecule has 0 fully saturated rings. The highest BCUT2D eigenvalue weighted by Crippen LogP contribution is 2.21. The molecule has 0 aliphatic heterocycles. The van der Waals surface area contributed by atoms with E-state index >= 15 is 0 Å². The summed E-state index contributed by atoms with van der Waals surface area (Å²) in [7, 11) is 0. The van der Waals surface area contributed by atoms with Crippen LogP contribution in [0, 0.1) is 0 Å². The van der Waals surface area contributed by atoms with Crippen molar-refractivity contribution in [1.82, 2.24) is 24.7 Å². The van der Waals surface area contributed by atoms with Gasteiger partial charge in [0.15, 0.2) is 5.65 Å². The topological polar surface area (TPSA) is 91.7 Å². The molecule has 130 valence electrons. The first-order valence-corrected chi connectivity index (χ1v) is 8.33. The first kappa shape index (κ1) is 16.3. The number of nitrogens with zero attached hydrogens (tertiary/aromatic N) is 5. The van der Waals surface area contributed by atoms with E-state index in [-0.39, 0.29) is 12.6 Å². The molecular weight excluding hydrogens is 352 g/mol. The van der Waals surface area contributed by atoms with Crippen molar-refractivity contribution < 1.29 is 4.74 Å². The van der Waals surface area contributed by atoms with Crippen LogP contribution in [0.5, 0.6) is 6.01 Å². The number of hydrogen-bond acceptors (Lipinski definition) is 6. The Kier molecular flexibility index (Phi) is 4.37. The normalized spacial score (nSPS) is 11.0. The summed E-state index contributed by atoms with van der Waals surface area (Å²) in [6, 6.07) is 13.7. The van der Waals surface area contributed by atoms with Gasteiger partial charge in [0.05, 0.1) is 18.1 Å². The van der Waals surface area contributed by atoms with Crippen molar-refractivity contribution >= 4 is 28.5 Å². The number of nitrogen functional groups attached to an aromatic ring is 1. The van der Waals surface area contributed by atoms with Gasteiger partial charge in [0.2, 0.25) is 0 Å². The minimum atomic E-state index is 0.192. The number of nitrogens with two attached hydrogens (primary N) is 1. The van der Waals surface area contributed by atoms with Gasteiger partial charge in [0.25, 0.3) is 0 Å². The largest absolute Gasteiger partial charge is 0.458 e. The van der Waals surface area contributed by atoms with Crippen molar-refractivity contribution in [3.05, 3.63) is 71.1 Å². The van der Waals surface area contributed by atoms with E-state index in [2.05, 4.69) is 20.1 Å². The number of benzene rings is 1. The van der Waals surface area contributed by atoms with E-state index in [0.717, 1.165) is 11.1 Å². The van der Waals surface area contributed by atoms with Gasteiger partial charge < -0.3 is 10.5 Å². The van der Waals surface area contributed by atoms with Crippen LogP contribution in [0.3, 0.4) is 0 Å². The number of aromatic nitrogens is 5. The summed E-state index contributed by atoms with van der Waals surface area (Å²) < 4.78 is 7.46. The number of ether oxygens (including phenoxy) is 1. The van der Waals surface area contributed by atoms with Gasteiger partial charge in [-0.1, -0.05) is 41.9 Å². The molecule has 4 aromatic rings. The van der Waals surface area contributed by atoms with Crippen molar-refractivity contribution in [3.63, 3.8) is 0 Å². The van der Waals surface area contributed by atoms with E-state index in [4.69, 9.17) is 22.1 Å². The van der Waals surface area contributed by atoms with Gasteiger partial charge in [-0.15, -0.1) is 0 Å². The second-order valence-electron chi connectivity index (χ2n) is 5.69. The summed E-state index contributed by atoms with van der Waals surface area (Å²) in [5.74, 6) is 0.331. The van der Waals surface area contributed by atoms with Crippen LogP contribution in [-0.2, 0) is 13.2 Å². The summed E-state index contributed by atoms with van der Waals surface area (Å²) in [6.45, 7) is 0.847. The predicted molar refractivity (Wildman–Crippen MR) is 98.9 cm³/mol. The highest BCUT2D eigenvalue weighted by molar-refractivity contribution is 6.29. The Morgan fingerprint density at radius 1 is 1.08 bits per heavy atom. The maximum absolute atomic E-state index is 6.04. The molecule has 8 heteroatoms. The molecule has 0 unspecified atom stereocenters. The molecule has 3 heterocycles. The average Bonchev–Trinajstić information content (AvgIpc) is 3.04. The van der Waals surface area contributed by atoms with Gasteiger partial charge in [-0.2, -0.15) is 15.1 Å². The molecule has 7 nitrogen and oxygen atoms in total. The van der Waals surface area contributed by atoms with E-state index < -0.39 is 0 Å². The lowest BCUT2D eigenvalue weighted by Gasteiger charge is -2.07. The third-order valence-electron chi connectivity index (χ3n) is 3.84. The number of rotatable bonds is 5. The summed E-state index contributed by atoms with van der Waals surface area (Å²) in [6.07, 6.45) is 3.29. The molecule has 4 rings (SSSR count). The third-order valence-corrected chi connectivity index (χ3v) is 4.05. The molecule has 0 aliphatic carbocycles. The Balaban J connectivity index is 1.61. The van der Waals surface area contributed by atoms with Crippen molar-refractivity contribution in [2.45, 2.75) is 13.2 Å². The van der Waals surface area contributed by atoms with E-state index in [0.29, 0.717) is 28.5 Å². The van der Waals surface area contributed by atoms with Crippen LogP contribution in [-0.4, -0.2) is 24.7 Å². The minimum absolute atomic E-state index is 0.192. The molecule has 1 aromatic carbocycles. The smallest absolute Gasteiger partial charge is 0.320 e. The fourth-order valence-electron chi connectivity index (χ4n) is 2.57. The van der Waals surface area contributed by atoms with Crippen LogP contribution >= 0.6 is 11.6 Å². The molecule has 0 saturated carbocycles. The standard InChI is InChI=1S/C18H15ClN6O/c19-15-8-13(6-7-21-15)11-26-18-23-16(20)14-9-22-25(17(14)24-18)10-12-4-2-1-3-5-12/h1-9H,10-11H2,(H2,20,23,24). The highest BCUT2D eigenvalue weighted by atomic mass is 35.5. The molecule has 0 aliphatic rings. The number of fused-ring (bicyclic) bond motifs is 1. The Hall–Kier alpha value is -3.19. The zero-order valence-electron chi connectivity index (χ0n) is 13.7. The lowest BCUT2D eigenvalue weighted by molar-refractivity contribution is 0.282. The summed E-state index contributed by atoms with van der Waals surface area (Å²) in [5.41, 5.74) is 8.65. The monoisotopic (exact) mass is 366 g/mol. The maximum atomic E-state index is 6.04. The van der Waals surface area contributed by atoms with Crippen molar-refractivity contribution in [3.8, 4) is 6.01 Å². The highest BCUT2D eigenvalue weighted by Gasteiger charge is 2.12. The molecular formula is C18H15ClN6O. The predicted octanol–water partition coefficient (Wildman–Crippen LogP) is 3.08. The van der Waals surface area contributed by atoms with Crippen LogP contribution < -0.4 is 10.5 Å². The van der Waals surface area contributed by atoms with E-state index in [1.165, 1.54) is 0 Å². The van der Waals surface area contributed by atoms with E-state index in [9.17, 15) is 0 Å². The first-order chi connectivity index (χ1) is 12.7. The lowest BCUT2D eigenvalue weighted by atomic mass is 10.2. The number of anilines is 1. The molecule has 0 amide bonds. The van der Waals surface area contributed by atoms with Crippen LogP contribution in [0.25, 0.3) is 11.0 Å². The zero-order chi connectivity index (χ0) is 17.9. The number of pyridine rings is 1. The Bertz CT molecular complexity index is 1050. The Morgan fingerprint density at radius 2 is 1.92 bits per heavy atom. The molecule has 2 N–H and O–H groups in total. The Morgan fingerprint density at radius 3 is 2.73 bits per heavy atom. The first-order valence-electron chi connectivity index (χ1n) is 7.95. The van der Waals surface area contributed by atoms with Gasteiger partial charge in [0.1, 0.15) is 17.6 Å².